The molecule has 2 rings (SSSR count). The summed E-state index contributed by atoms with van der Waals surface area (Å²) in [5.74, 6) is 0. The molecule has 0 heterocycles. The van der Waals surface area contributed by atoms with Gasteiger partial charge in [0.15, 0.2) is 9.84 Å². The number of anilines is 1. The maximum Gasteiger partial charge on any atom is 0.293 e. The minimum atomic E-state index is -3.51. The number of quaternary nitrogens is 1. The van der Waals surface area contributed by atoms with Crippen molar-refractivity contribution in [3.8, 4) is 0 Å². The summed E-state index contributed by atoms with van der Waals surface area (Å²) in [4.78, 5) is 11.9. The summed E-state index contributed by atoms with van der Waals surface area (Å²) < 4.78 is 23.3. The first kappa shape index (κ1) is 20.9. The van der Waals surface area contributed by atoms with Crippen LogP contribution in [0.1, 0.15) is 24.1 Å². The number of likely N-dealkylation sites (N-methyl/N-ethyl adjacent to an activating group) is 1. The second-order valence-electron chi connectivity index (χ2n) is 6.81. The number of benzene rings is 2. The molecule has 0 spiro atoms. The van der Waals surface area contributed by atoms with Crippen LogP contribution in [0.4, 0.5) is 11.4 Å². The first-order valence-corrected chi connectivity index (χ1v) is 10.6. The summed E-state index contributed by atoms with van der Waals surface area (Å²) in [5.41, 5.74) is 2.46. The zero-order chi connectivity index (χ0) is 20.2. The highest BCUT2D eigenvalue weighted by molar-refractivity contribution is 7.90. The first-order chi connectivity index (χ1) is 12.6. The molecule has 8 heteroatoms. The average Bonchev–Trinajstić information content (AvgIpc) is 2.61. The van der Waals surface area contributed by atoms with Crippen LogP contribution in [0, 0.1) is 10.1 Å². The molecule has 0 unspecified atom stereocenters. The lowest BCUT2D eigenvalue weighted by Crippen LogP contribution is -3.06. The van der Waals surface area contributed by atoms with Gasteiger partial charge in [-0.2, -0.15) is 0 Å². The number of hydrogen-bond acceptors (Lipinski definition) is 5. The van der Waals surface area contributed by atoms with E-state index in [-0.39, 0.29) is 16.6 Å². The van der Waals surface area contributed by atoms with Crippen molar-refractivity contribution >= 4 is 21.2 Å². The van der Waals surface area contributed by atoms with E-state index in [1.165, 1.54) is 22.6 Å². The third-order valence-electron chi connectivity index (χ3n) is 4.58. The van der Waals surface area contributed by atoms with Gasteiger partial charge in [-0.05, 0) is 24.1 Å². The van der Waals surface area contributed by atoms with Crippen LogP contribution in [0.2, 0.25) is 0 Å². The Morgan fingerprint density at radius 2 is 1.78 bits per heavy atom. The molecule has 2 aromatic carbocycles. The maximum atomic E-state index is 11.7. The third-order valence-corrected chi connectivity index (χ3v) is 5.69. The van der Waals surface area contributed by atoms with Crippen molar-refractivity contribution in [3.05, 3.63) is 63.7 Å². The molecular weight excluding hydrogens is 366 g/mol. The molecule has 7 nitrogen and oxygen atoms in total. The number of nitrogens with one attached hydrogen (secondary N) is 2. The van der Waals surface area contributed by atoms with Gasteiger partial charge in [-0.3, -0.25) is 10.1 Å². The Balaban J connectivity index is 2.27. The van der Waals surface area contributed by atoms with Gasteiger partial charge in [0.2, 0.25) is 0 Å². The third kappa shape index (κ3) is 5.27. The Labute approximate surface area is 160 Å². The number of hydrogen-bond donors (Lipinski definition) is 2. The van der Waals surface area contributed by atoms with E-state index in [1.807, 2.05) is 14.1 Å². The summed E-state index contributed by atoms with van der Waals surface area (Å²) >= 11 is 0. The van der Waals surface area contributed by atoms with Gasteiger partial charge in [-0.1, -0.05) is 31.2 Å². The highest BCUT2D eigenvalue weighted by Crippen LogP contribution is 2.28. The van der Waals surface area contributed by atoms with Gasteiger partial charge in [-0.15, -0.1) is 0 Å². The van der Waals surface area contributed by atoms with Crippen molar-refractivity contribution in [2.24, 2.45) is 0 Å². The van der Waals surface area contributed by atoms with Crippen molar-refractivity contribution in [1.29, 1.82) is 0 Å². The van der Waals surface area contributed by atoms with Crippen LogP contribution >= 0.6 is 0 Å². The van der Waals surface area contributed by atoms with E-state index in [2.05, 4.69) is 36.5 Å². The van der Waals surface area contributed by atoms with Crippen LogP contribution in [0.3, 0.4) is 0 Å². The molecule has 0 saturated heterocycles. The van der Waals surface area contributed by atoms with E-state index >= 15 is 0 Å². The lowest BCUT2D eigenvalue weighted by atomic mass is 10.0. The van der Waals surface area contributed by atoms with Crippen LogP contribution in [0.15, 0.2) is 47.4 Å². The van der Waals surface area contributed by atoms with Gasteiger partial charge in [0.05, 0.1) is 30.5 Å². The summed E-state index contributed by atoms with van der Waals surface area (Å²) in [6.07, 6.45) is 2.00. The molecule has 0 amide bonds. The standard InChI is InChI=1S/C19H25N3O4S/c1-5-14-6-8-15(9-7-14)19(21(2)3)13-20-17-11-10-16(27(4,25)26)12-18(17)22(23)24/h6-12,19-20H,5,13H2,1-4H3/p+1/t19-/m0/s1. The molecule has 0 fully saturated rings. The minimum Gasteiger partial charge on any atom is -0.373 e. The molecule has 27 heavy (non-hydrogen) atoms. The Kier molecular flexibility index (Phi) is 6.56. The minimum absolute atomic E-state index is 0.0651. The normalized spacial score (nSPS) is 12.8. The molecule has 0 aliphatic heterocycles. The molecule has 0 bridgehead atoms. The fourth-order valence-corrected chi connectivity index (χ4v) is 3.54. The largest absolute Gasteiger partial charge is 0.373 e. The van der Waals surface area contributed by atoms with E-state index in [0.29, 0.717) is 12.2 Å². The second kappa shape index (κ2) is 8.49. The average molecular weight is 393 g/mol. The molecule has 2 N–H and O–H groups in total. The number of sulfone groups is 1. The number of nitro groups is 1. The van der Waals surface area contributed by atoms with Crippen molar-refractivity contribution in [1.82, 2.24) is 0 Å². The predicted octanol–water partition coefficient (Wildman–Crippen LogP) is 1.86. The Hall–Kier alpha value is -2.45. The van der Waals surface area contributed by atoms with Crippen molar-refractivity contribution in [3.63, 3.8) is 0 Å². The number of nitrogens with zero attached hydrogens (tertiary/aromatic N) is 1. The molecule has 0 aliphatic rings. The van der Waals surface area contributed by atoms with Gasteiger partial charge in [0.1, 0.15) is 11.7 Å². The van der Waals surface area contributed by atoms with Crippen molar-refractivity contribution in [2.75, 3.05) is 32.2 Å². The molecular formula is C19H26N3O4S+. The van der Waals surface area contributed by atoms with Crippen molar-refractivity contribution < 1.29 is 18.2 Å². The van der Waals surface area contributed by atoms with Gasteiger partial charge in [0, 0.05) is 17.9 Å². The maximum absolute atomic E-state index is 11.7. The number of nitro benzene ring substituents is 1. The van der Waals surface area contributed by atoms with Gasteiger partial charge in [-0.25, -0.2) is 8.42 Å². The molecule has 0 saturated carbocycles. The van der Waals surface area contributed by atoms with Gasteiger partial charge < -0.3 is 10.2 Å². The number of aryl methyl sites for hydroxylation is 1. The van der Waals surface area contributed by atoms with Crippen LogP contribution in [0.25, 0.3) is 0 Å². The molecule has 146 valence electrons. The summed E-state index contributed by atoms with van der Waals surface area (Å²) in [7, 11) is 0.552. The lowest BCUT2D eigenvalue weighted by Gasteiger charge is -2.23. The number of rotatable bonds is 8. The van der Waals surface area contributed by atoms with E-state index in [1.54, 1.807) is 0 Å². The van der Waals surface area contributed by atoms with E-state index in [0.717, 1.165) is 24.3 Å². The fourth-order valence-electron chi connectivity index (χ4n) is 2.90. The highest BCUT2D eigenvalue weighted by Gasteiger charge is 2.22. The Bertz CT molecular complexity index is 909. The van der Waals surface area contributed by atoms with Crippen LogP contribution in [-0.2, 0) is 16.3 Å². The van der Waals surface area contributed by atoms with E-state index < -0.39 is 14.8 Å². The lowest BCUT2D eigenvalue weighted by molar-refractivity contribution is -0.890. The van der Waals surface area contributed by atoms with Gasteiger partial charge in [0.25, 0.3) is 5.69 Å². The fraction of sp³-hybridized carbons (Fsp3) is 0.368. The molecule has 0 aromatic heterocycles. The Morgan fingerprint density at radius 3 is 2.26 bits per heavy atom. The molecule has 0 aliphatic carbocycles. The van der Waals surface area contributed by atoms with Crippen LogP contribution in [0.5, 0.6) is 0 Å². The monoisotopic (exact) mass is 392 g/mol. The zero-order valence-electron chi connectivity index (χ0n) is 16.0. The van der Waals surface area contributed by atoms with Crippen LogP contribution in [-0.4, -0.2) is 40.2 Å². The van der Waals surface area contributed by atoms with Crippen molar-refractivity contribution in [2.45, 2.75) is 24.3 Å². The van der Waals surface area contributed by atoms with Crippen LogP contribution < -0.4 is 10.2 Å². The highest BCUT2D eigenvalue weighted by atomic mass is 32.2. The molecule has 1 atom stereocenters. The first-order valence-electron chi connectivity index (χ1n) is 8.74. The summed E-state index contributed by atoms with van der Waals surface area (Å²) in [6.45, 7) is 2.58. The van der Waals surface area contributed by atoms with E-state index in [9.17, 15) is 18.5 Å². The smallest absolute Gasteiger partial charge is 0.293 e. The predicted molar refractivity (Wildman–Crippen MR) is 106 cm³/mol. The quantitative estimate of drug-likeness (QED) is 0.528. The zero-order valence-corrected chi connectivity index (χ0v) is 16.8. The molecule has 2 aromatic rings. The topological polar surface area (TPSA) is 93.8 Å². The summed E-state index contributed by atoms with van der Waals surface area (Å²) in [5, 5.41) is 14.5. The van der Waals surface area contributed by atoms with Gasteiger partial charge >= 0.3 is 0 Å². The molecule has 0 radical (unpaired) electrons. The second-order valence-corrected chi connectivity index (χ2v) is 8.83. The Morgan fingerprint density at radius 1 is 1.15 bits per heavy atom. The summed E-state index contributed by atoms with van der Waals surface area (Å²) in [6, 6.07) is 12.4. The van der Waals surface area contributed by atoms with E-state index in [4.69, 9.17) is 0 Å². The SMILES string of the molecule is CCc1ccc([C@H](CNc2ccc(S(C)(=O)=O)cc2[N+](=O)[O-])[NH+](C)C)cc1.